The normalized spacial score (nSPS) is 10.9. The summed E-state index contributed by atoms with van der Waals surface area (Å²) in [5.41, 5.74) is -0.112. The first-order valence-electron chi connectivity index (χ1n) is 6.70. The highest BCUT2D eigenvalue weighted by molar-refractivity contribution is 6.37. The zero-order chi connectivity index (χ0) is 16.0. The summed E-state index contributed by atoms with van der Waals surface area (Å²) < 4.78 is 9.66. The van der Waals surface area contributed by atoms with Gasteiger partial charge in [-0.2, -0.15) is 0 Å². The largest absolute Gasteiger partial charge is 0.497 e. The third kappa shape index (κ3) is 4.15. The summed E-state index contributed by atoms with van der Waals surface area (Å²) in [6.45, 7) is 5.15. The smallest absolute Gasteiger partial charge is 0.375 e. The monoisotopic (exact) mass is 292 g/mol. The van der Waals surface area contributed by atoms with E-state index in [9.17, 15) is 14.4 Å². The molecule has 5 heteroatoms. The number of esters is 1. The number of ether oxygens (including phenoxy) is 2. The lowest BCUT2D eigenvalue weighted by atomic mass is 9.79. The molecule has 0 N–H and O–H groups in total. The number of benzene rings is 1. The second-order valence-electron chi connectivity index (χ2n) is 5.10. The van der Waals surface area contributed by atoms with Crippen LogP contribution in [0.15, 0.2) is 24.3 Å². The van der Waals surface area contributed by atoms with Crippen molar-refractivity contribution < 1.29 is 23.9 Å². The molecule has 0 aliphatic heterocycles. The van der Waals surface area contributed by atoms with Gasteiger partial charge in [0.1, 0.15) is 5.75 Å². The molecule has 5 nitrogen and oxygen atoms in total. The summed E-state index contributed by atoms with van der Waals surface area (Å²) in [6, 6.07) is 7.03. The molecule has 0 amide bonds. The van der Waals surface area contributed by atoms with Crippen LogP contribution in [0.25, 0.3) is 0 Å². The van der Waals surface area contributed by atoms with E-state index in [0.717, 1.165) is 5.56 Å². The topological polar surface area (TPSA) is 69.7 Å². The van der Waals surface area contributed by atoms with Gasteiger partial charge < -0.3 is 9.47 Å². The maximum absolute atomic E-state index is 12.3. The number of carbonyl (C=O) groups excluding carboxylic acids is 3. The Morgan fingerprint density at radius 3 is 2.14 bits per heavy atom. The van der Waals surface area contributed by atoms with Crippen LogP contribution in [0.4, 0.5) is 0 Å². The molecule has 0 saturated carbocycles. The molecule has 0 radical (unpaired) electrons. The van der Waals surface area contributed by atoms with Crippen molar-refractivity contribution in [1.29, 1.82) is 0 Å². The number of carbonyl (C=O) groups is 3. The second-order valence-corrected chi connectivity index (χ2v) is 5.10. The molecule has 0 spiro atoms. The van der Waals surface area contributed by atoms with Gasteiger partial charge in [-0.05, 0) is 38.5 Å². The summed E-state index contributed by atoms with van der Waals surface area (Å²) in [5.74, 6) is -1.42. The van der Waals surface area contributed by atoms with Gasteiger partial charge >= 0.3 is 5.97 Å². The SMILES string of the molecule is CCOC(=O)C(=O)CC(=O)C(C)(C)c1ccc(OC)cc1. The van der Waals surface area contributed by atoms with E-state index in [1.807, 2.05) is 0 Å². The van der Waals surface area contributed by atoms with Crippen molar-refractivity contribution in [3.63, 3.8) is 0 Å². The Balaban J connectivity index is 2.83. The number of rotatable bonds is 7. The Bertz CT molecular complexity index is 528. The van der Waals surface area contributed by atoms with Crippen molar-refractivity contribution in [2.24, 2.45) is 0 Å². The number of hydrogen-bond acceptors (Lipinski definition) is 5. The average molecular weight is 292 g/mol. The molecule has 1 aromatic rings. The van der Waals surface area contributed by atoms with Gasteiger partial charge in [0.05, 0.1) is 20.1 Å². The molecule has 0 atom stereocenters. The minimum absolute atomic E-state index is 0.112. The third-order valence-corrected chi connectivity index (χ3v) is 3.33. The maximum atomic E-state index is 12.3. The summed E-state index contributed by atoms with van der Waals surface area (Å²) in [7, 11) is 1.56. The van der Waals surface area contributed by atoms with Crippen molar-refractivity contribution in [3.05, 3.63) is 29.8 Å². The van der Waals surface area contributed by atoms with Crippen LogP contribution >= 0.6 is 0 Å². The first kappa shape index (κ1) is 16.9. The number of methoxy groups -OCH3 is 1. The van der Waals surface area contributed by atoms with Crippen LogP contribution in [-0.4, -0.2) is 31.3 Å². The maximum Gasteiger partial charge on any atom is 0.375 e. The Morgan fingerprint density at radius 1 is 1.10 bits per heavy atom. The molecule has 0 aliphatic rings. The lowest BCUT2D eigenvalue weighted by Gasteiger charge is -2.23. The van der Waals surface area contributed by atoms with Gasteiger partial charge in [-0.15, -0.1) is 0 Å². The van der Waals surface area contributed by atoms with Gasteiger partial charge in [0.2, 0.25) is 5.78 Å². The second kappa shape index (κ2) is 7.02. The highest BCUT2D eigenvalue weighted by Crippen LogP contribution is 2.27. The Labute approximate surface area is 124 Å². The minimum Gasteiger partial charge on any atom is -0.497 e. The summed E-state index contributed by atoms with van der Waals surface area (Å²) in [6.07, 6.45) is -0.460. The standard InChI is InChI=1S/C16H20O5/c1-5-21-15(19)13(17)10-14(18)16(2,3)11-6-8-12(20-4)9-7-11/h6-9H,5,10H2,1-4H3. The van der Waals surface area contributed by atoms with E-state index >= 15 is 0 Å². The van der Waals surface area contributed by atoms with Crippen LogP contribution < -0.4 is 4.74 Å². The molecule has 1 aromatic carbocycles. The van der Waals surface area contributed by atoms with Gasteiger partial charge in [0.15, 0.2) is 5.78 Å². The summed E-state index contributed by atoms with van der Waals surface area (Å²) in [5, 5.41) is 0. The van der Waals surface area contributed by atoms with Gasteiger partial charge in [-0.1, -0.05) is 12.1 Å². The van der Waals surface area contributed by atoms with Crippen molar-refractivity contribution in [2.45, 2.75) is 32.6 Å². The molecular weight excluding hydrogens is 272 g/mol. The van der Waals surface area contributed by atoms with Crippen molar-refractivity contribution in [1.82, 2.24) is 0 Å². The molecule has 0 aliphatic carbocycles. The van der Waals surface area contributed by atoms with E-state index in [2.05, 4.69) is 4.74 Å². The zero-order valence-corrected chi connectivity index (χ0v) is 12.8. The number of hydrogen-bond donors (Lipinski definition) is 0. The fraction of sp³-hybridized carbons (Fsp3) is 0.438. The van der Waals surface area contributed by atoms with E-state index in [1.165, 1.54) is 0 Å². The highest BCUT2D eigenvalue weighted by Gasteiger charge is 2.32. The molecule has 0 aromatic heterocycles. The van der Waals surface area contributed by atoms with Crippen LogP contribution in [0, 0.1) is 0 Å². The van der Waals surface area contributed by atoms with Crippen molar-refractivity contribution in [2.75, 3.05) is 13.7 Å². The van der Waals surface area contributed by atoms with E-state index < -0.39 is 23.6 Å². The zero-order valence-electron chi connectivity index (χ0n) is 12.8. The third-order valence-electron chi connectivity index (χ3n) is 3.33. The number of ketones is 2. The molecule has 0 saturated heterocycles. The predicted molar refractivity (Wildman–Crippen MR) is 77.3 cm³/mol. The number of Topliss-reactive ketones (excluding diaryl/α,β-unsaturated/α-hetero) is 2. The first-order valence-corrected chi connectivity index (χ1v) is 6.70. The first-order chi connectivity index (χ1) is 9.82. The van der Waals surface area contributed by atoms with Gasteiger partial charge in [-0.25, -0.2) is 4.79 Å². The molecule has 0 fully saturated rings. The van der Waals surface area contributed by atoms with E-state index in [4.69, 9.17) is 4.74 Å². The van der Waals surface area contributed by atoms with E-state index in [0.29, 0.717) is 5.75 Å². The molecule has 0 bridgehead atoms. The van der Waals surface area contributed by atoms with Crippen LogP contribution in [0.2, 0.25) is 0 Å². The lowest BCUT2D eigenvalue weighted by molar-refractivity contribution is -0.154. The van der Waals surface area contributed by atoms with Crippen molar-refractivity contribution in [3.8, 4) is 5.75 Å². The fourth-order valence-electron chi connectivity index (χ4n) is 1.82. The van der Waals surface area contributed by atoms with Crippen LogP contribution in [0.5, 0.6) is 5.75 Å². The van der Waals surface area contributed by atoms with Gasteiger partial charge in [0.25, 0.3) is 0 Å². The highest BCUT2D eigenvalue weighted by atomic mass is 16.5. The Morgan fingerprint density at radius 2 is 1.67 bits per heavy atom. The van der Waals surface area contributed by atoms with Crippen LogP contribution in [0.1, 0.15) is 32.8 Å². The van der Waals surface area contributed by atoms with Crippen LogP contribution in [0.3, 0.4) is 0 Å². The predicted octanol–water partition coefficient (Wildman–Crippen LogP) is 2.06. The lowest BCUT2D eigenvalue weighted by Crippen LogP contribution is -2.33. The summed E-state index contributed by atoms with van der Waals surface area (Å²) in [4.78, 5) is 35.2. The molecule has 1 rings (SSSR count). The molecule has 0 unspecified atom stereocenters. The molecule has 114 valence electrons. The summed E-state index contributed by atoms with van der Waals surface area (Å²) >= 11 is 0. The van der Waals surface area contributed by atoms with E-state index in [-0.39, 0.29) is 12.4 Å². The molecule has 0 heterocycles. The molecule has 21 heavy (non-hydrogen) atoms. The Kier molecular flexibility index (Phi) is 5.64. The van der Waals surface area contributed by atoms with Gasteiger partial charge in [-0.3, -0.25) is 9.59 Å². The quantitative estimate of drug-likeness (QED) is 0.437. The van der Waals surface area contributed by atoms with Crippen LogP contribution in [-0.2, 0) is 24.5 Å². The van der Waals surface area contributed by atoms with Crippen molar-refractivity contribution >= 4 is 17.5 Å². The van der Waals surface area contributed by atoms with Gasteiger partial charge in [0, 0.05) is 5.41 Å². The van der Waals surface area contributed by atoms with E-state index in [1.54, 1.807) is 52.1 Å². The fourth-order valence-corrected chi connectivity index (χ4v) is 1.82. The Hall–Kier alpha value is -2.17. The molecular formula is C16H20O5. The average Bonchev–Trinajstić information content (AvgIpc) is 2.47. The minimum atomic E-state index is -0.962.